The molecule has 6 nitrogen and oxygen atoms in total. The van der Waals surface area contributed by atoms with Crippen LogP contribution in [0.4, 0.5) is 0 Å². The zero-order valence-corrected chi connectivity index (χ0v) is 19.0. The highest BCUT2D eigenvalue weighted by Crippen LogP contribution is 2.59. The van der Waals surface area contributed by atoms with Crippen LogP contribution in [-0.4, -0.2) is 50.0 Å². The van der Waals surface area contributed by atoms with Crippen molar-refractivity contribution >= 4 is 27.7 Å². The predicted molar refractivity (Wildman–Crippen MR) is 117 cm³/mol. The van der Waals surface area contributed by atoms with E-state index in [2.05, 4.69) is 60.3 Å². The molecule has 0 amide bonds. The second-order valence-electron chi connectivity index (χ2n) is 8.14. The maximum atomic E-state index is 5.45. The van der Waals surface area contributed by atoms with Crippen molar-refractivity contribution in [3.8, 4) is 11.6 Å². The number of likely N-dealkylation sites (tertiary alicyclic amines) is 1. The lowest BCUT2D eigenvalue weighted by atomic mass is 9.95. The van der Waals surface area contributed by atoms with E-state index in [1.807, 2.05) is 18.5 Å². The Morgan fingerprint density at radius 2 is 2.24 bits per heavy atom. The molecule has 3 aromatic rings. The molecule has 1 saturated carbocycles. The van der Waals surface area contributed by atoms with Crippen LogP contribution in [0.25, 0.3) is 11.6 Å². The highest BCUT2D eigenvalue weighted by atomic mass is 79.9. The van der Waals surface area contributed by atoms with Gasteiger partial charge < -0.3 is 13.9 Å². The van der Waals surface area contributed by atoms with Crippen LogP contribution in [0.5, 0.6) is 0 Å². The fourth-order valence-electron chi connectivity index (χ4n) is 4.61. The van der Waals surface area contributed by atoms with E-state index < -0.39 is 0 Å². The largest absolute Gasteiger partial charge is 0.440 e. The molecule has 0 bridgehead atoms. The van der Waals surface area contributed by atoms with Crippen molar-refractivity contribution < 1.29 is 4.42 Å². The first kappa shape index (κ1) is 19.3. The smallest absolute Gasteiger partial charge is 0.202 e. The van der Waals surface area contributed by atoms with E-state index in [1.54, 1.807) is 11.8 Å². The van der Waals surface area contributed by atoms with Gasteiger partial charge in [-0.3, -0.25) is 0 Å². The molecule has 1 saturated heterocycles. The van der Waals surface area contributed by atoms with Gasteiger partial charge in [0.2, 0.25) is 5.82 Å². The van der Waals surface area contributed by atoms with Gasteiger partial charge >= 0.3 is 0 Å². The van der Waals surface area contributed by atoms with Gasteiger partial charge in [0.25, 0.3) is 0 Å². The van der Waals surface area contributed by atoms with Gasteiger partial charge in [0, 0.05) is 35.8 Å². The molecule has 8 heteroatoms. The zero-order chi connectivity index (χ0) is 20.0. The summed E-state index contributed by atoms with van der Waals surface area (Å²) in [4.78, 5) is 6.78. The third-order valence-electron chi connectivity index (χ3n) is 6.25. The Kier molecular flexibility index (Phi) is 5.04. The van der Waals surface area contributed by atoms with E-state index in [-0.39, 0.29) is 0 Å². The van der Waals surface area contributed by atoms with E-state index >= 15 is 0 Å². The van der Waals surface area contributed by atoms with Gasteiger partial charge in [-0.2, -0.15) is 0 Å². The van der Waals surface area contributed by atoms with Gasteiger partial charge in [0.15, 0.2) is 17.3 Å². The van der Waals surface area contributed by atoms with E-state index in [0.717, 1.165) is 41.3 Å². The number of halogens is 1. The second-order valence-corrected chi connectivity index (χ2v) is 10.1. The Labute approximate surface area is 183 Å². The van der Waals surface area contributed by atoms with Crippen molar-refractivity contribution in [2.45, 2.75) is 30.3 Å². The van der Waals surface area contributed by atoms with Crippen molar-refractivity contribution in [1.82, 2.24) is 24.6 Å². The van der Waals surface area contributed by atoms with Crippen LogP contribution in [0.3, 0.4) is 0 Å². The summed E-state index contributed by atoms with van der Waals surface area (Å²) in [6.07, 6.45) is 3.95. The van der Waals surface area contributed by atoms with Crippen LogP contribution in [-0.2, 0) is 12.5 Å². The number of thioether (sulfide) groups is 1. The average molecular weight is 474 g/mol. The Balaban J connectivity index is 1.13. The van der Waals surface area contributed by atoms with Crippen molar-refractivity contribution in [3.05, 3.63) is 46.4 Å². The SMILES string of the molecule is Cc1ncoc1-c1nnc(SCCCN2C[C@H]3C[C@@]3(c3cccc(Br)c3)C2)n1C. The number of rotatable bonds is 7. The number of oxazole rings is 1. The third-order valence-corrected chi connectivity index (χ3v) is 7.85. The number of hydrogen-bond donors (Lipinski definition) is 0. The number of hydrogen-bond acceptors (Lipinski definition) is 6. The molecule has 3 heterocycles. The summed E-state index contributed by atoms with van der Waals surface area (Å²) in [5, 5.41) is 9.54. The molecule has 0 spiro atoms. The first-order valence-electron chi connectivity index (χ1n) is 9.98. The van der Waals surface area contributed by atoms with Gasteiger partial charge in [-0.25, -0.2) is 4.98 Å². The summed E-state index contributed by atoms with van der Waals surface area (Å²) in [5.74, 6) is 3.29. The van der Waals surface area contributed by atoms with Crippen molar-refractivity contribution in [2.24, 2.45) is 13.0 Å². The monoisotopic (exact) mass is 473 g/mol. The van der Waals surface area contributed by atoms with Crippen LogP contribution in [0.1, 0.15) is 24.1 Å². The summed E-state index contributed by atoms with van der Waals surface area (Å²) in [6, 6.07) is 8.88. The molecule has 5 rings (SSSR count). The van der Waals surface area contributed by atoms with E-state index in [4.69, 9.17) is 4.42 Å². The molecule has 29 heavy (non-hydrogen) atoms. The lowest BCUT2D eigenvalue weighted by molar-refractivity contribution is 0.299. The number of nitrogens with zero attached hydrogens (tertiary/aromatic N) is 5. The summed E-state index contributed by atoms with van der Waals surface area (Å²) in [7, 11) is 1.98. The van der Waals surface area contributed by atoms with Crippen LogP contribution < -0.4 is 0 Å². The fourth-order valence-corrected chi connectivity index (χ4v) is 5.84. The number of aryl methyl sites for hydroxylation is 1. The predicted octanol–water partition coefficient (Wildman–Crippen LogP) is 4.30. The Morgan fingerprint density at radius 3 is 3.03 bits per heavy atom. The van der Waals surface area contributed by atoms with Crippen LogP contribution in [0, 0.1) is 12.8 Å². The Hall–Kier alpha value is -1.64. The molecule has 2 aromatic heterocycles. The van der Waals surface area contributed by atoms with Crippen LogP contribution in [0.15, 0.2) is 44.7 Å². The summed E-state index contributed by atoms with van der Waals surface area (Å²) >= 11 is 5.38. The molecular weight excluding hydrogens is 450 g/mol. The van der Waals surface area contributed by atoms with Crippen molar-refractivity contribution in [2.75, 3.05) is 25.4 Å². The summed E-state index contributed by atoms with van der Waals surface area (Å²) in [5.41, 5.74) is 2.75. The fraction of sp³-hybridized carbons (Fsp3) is 0.476. The molecule has 2 aliphatic rings. The van der Waals surface area contributed by atoms with E-state index in [9.17, 15) is 0 Å². The number of fused-ring (bicyclic) bond motifs is 1. The van der Waals surface area contributed by atoms with Gasteiger partial charge in [-0.15, -0.1) is 10.2 Å². The third kappa shape index (κ3) is 3.55. The van der Waals surface area contributed by atoms with Gasteiger partial charge in [-0.05, 0) is 49.9 Å². The second kappa shape index (κ2) is 7.56. The zero-order valence-electron chi connectivity index (χ0n) is 16.6. The number of piperidine rings is 1. The van der Waals surface area contributed by atoms with E-state index in [1.165, 1.54) is 35.9 Å². The maximum Gasteiger partial charge on any atom is 0.202 e. The topological polar surface area (TPSA) is 60.0 Å². The quantitative estimate of drug-likeness (QED) is 0.376. The molecule has 0 radical (unpaired) electrons. The average Bonchev–Trinajstić information content (AvgIpc) is 3.01. The molecule has 2 atom stereocenters. The first-order chi connectivity index (χ1) is 14.1. The number of benzene rings is 1. The molecule has 152 valence electrons. The normalized spacial score (nSPS) is 23.5. The highest BCUT2D eigenvalue weighted by Gasteiger charge is 2.60. The molecular formula is C21H24BrN5OS. The molecule has 1 aromatic carbocycles. The van der Waals surface area contributed by atoms with Gasteiger partial charge in [0.05, 0.1) is 5.69 Å². The van der Waals surface area contributed by atoms with Crippen molar-refractivity contribution in [1.29, 1.82) is 0 Å². The van der Waals surface area contributed by atoms with Crippen molar-refractivity contribution in [3.63, 3.8) is 0 Å². The van der Waals surface area contributed by atoms with E-state index in [0.29, 0.717) is 11.2 Å². The minimum absolute atomic E-state index is 0.407. The summed E-state index contributed by atoms with van der Waals surface area (Å²) in [6.45, 7) is 5.49. The first-order valence-corrected chi connectivity index (χ1v) is 11.8. The molecule has 0 N–H and O–H groups in total. The Bertz CT molecular complexity index is 1030. The van der Waals surface area contributed by atoms with Crippen LogP contribution in [0.2, 0.25) is 0 Å². The van der Waals surface area contributed by atoms with Gasteiger partial charge in [-0.1, -0.05) is 39.8 Å². The molecule has 1 aliphatic carbocycles. The lowest BCUT2D eigenvalue weighted by Gasteiger charge is -2.21. The lowest BCUT2D eigenvalue weighted by Crippen LogP contribution is -2.27. The number of aromatic nitrogens is 4. The summed E-state index contributed by atoms with van der Waals surface area (Å²) < 4.78 is 8.63. The minimum Gasteiger partial charge on any atom is -0.440 e. The van der Waals surface area contributed by atoms with Gasteiger partial charge in [0.1, 0.15) is 0 Å². The highest BCUT2D eigenvalue weighted by molar-refractivity contribution is 9.10. The standard InChI is InChI=1S/C21H24BrN5OS/c1-14-18(28-13-23-14)19-24-25-20(26(19)2)29-8-4-7-27-11-16-10-21(16,12-27)15-5-3-6-17(22)9-15/h3,5-6,9,13,16H,4,7-8,10-12H2,1-2H3/t16-,21+/m1/s1. The molecule has 2 fully saturated rings. The molecule has 1 aliphatic heterocycles. The Morgan fingerprint density at radius 1 is 1.34 bits per heavy atom. The minimum atomic E-state index is 0.407. The van der Waals surface area contributed by atoms with Crippen LogP contribution >= 0.6 is 27.7 Å². The molecule has 0 unspecified atom stereocenters. The maximum absolute atomic E-state index is 5.45.